The second kappa shape index (κ2) is 7.70. The van der Waals surface area contributed by atoms with Crippen molar-refractivity contribution in [2.24, 2.45) is 0 Å². The van der Waals surface area contributed by atoms with Crippen LogP contribution in [0.15, 0.2) is 53.9 Å². The first-order valence-corrected chi connectivity index (χ1v) is 9.56. The minimum atomic E-state index is -4.05. The lowest BCUT2D eigenvalue weighted by Crippen LogP contribution is -2.11. The molecule has 0 spiro atoms. The highest BCUT2D eigenvalue weighted by Crippen LogP contribution is 2.35. The van der Waals surface area contributed by atoms with E-state index < -0.39 is 10.1 Å². The van der Waals surface area contributed by atoms with Crippen molar-refractivity contribution in [1.29, 1.82) is 0 Å². The van der Waals surface area contributed by atoms with Crippen molar-refractivity contribution in [3.05, 3.63) is 54.6 Å². The second-order valence-electron chi connectivity index (χ2n) is 5.67. The molecule has 0 saturated heterocycles. The van der Waals surface area contributed by atoms with Crippen LogP contribution in [0.3, 0.4) is 0 Å². The first-order chi connectivity index (χ1) is 12.5. The van der Waals surface area contributed by atoms with Gasteiger partial charge in [0.25, 0.3) is 0 Å². The van der Waals surface area contributed by atoms with Crippen LogP contribution < -0.4 is 18.4 Å². The van der Waals surface area contributed by atoms with E-state index in [2.05, 4.69) is 6.58 Å². The van der Waals surface area contributed by atoms with E-state index in [-0.39, 0.29) is 10.6 Å². The van der Waals surface area contributed by atoms with E-state index in [0.717, 1.165) is 12.0 Å². The number of fused-ring (bicyclic) bond motifs is 1. The minimum absolute atomic E-state index is 0.0148. The maximum Gasteiger partial charge on any atom is 0.339 e. The molecule has 6 nitrogen and oxygen atoms in total. The van der Waals surface area contributed by atoms with Gasteiger partial charge >= 0.3 is 10.1 Å². The number of hydrogen-bond acceptors (Lipinski definition) is 6. The maximum atomic E-state index is 12.7. The molecule has 1 aliphatic rings. The van der Waals surface area contributed by atoms with Crippen LogP contribution in [-0.4, -0.2) is 28.7 Å². The van der Waals surface area contributed by atoms with E-state index in [1.54, 1.807) is 30.3 Å². The fourth-order valence-electron chi connectivity index (χ4n) is 2.54. The van der Waals surface area contributed by atoms with Gasteiger partial charge in [0.1, 0.15) is 4.90 Å². The fourth-order valence-corrected chi connectivity index (χ4v) is 3.50. The van der Waals surface area contributed by atoms with E-state index in [9.17, 15) is 8.42 Å². The third-order valence-corrected chi connectivity index (χ3v) is 5.05. The summed E-state index contributed by atoms with van der Waals surface area (Å²) in [7, 11) is -2.59. The Morgan fingerprint density at radius 3 is 2.58 bits per heavy atom. The van der Waals surface area contributed by atoms with Crippen molar-refractivity contribution in [2.45, 2.75) is 17.7 Å². The van der Waals surface area contributed by atoms with Crippen molar-refractivity contribution in [1.82, 2.24) is 0 Å². The molecule has 0 saturated carbocycles. The third kappa shape index (κ3) is 3.94. The predicted octanol–water partition coefficient (Wildman–Crippen LogP) is 3.35. The molecule has 0 bridgehead atoms. The Balaban J connectivity index is 1.89. The number of ether oxygens (including phenoxy) is 3. The first-order valence-electron chi connectivity index (χ1n) is 8.15. The quantitative estimate of drug-likeness (QED) is 0.569. The largest absolute Gasteiger partial charge is 0.493 e. The molecular formula is C19H20O6S. The van der Waals surface area contributed by atoms with Crippen molar-refractivity contribution in [3.63, 3.8) is 0 Å². The van der Waals surface area contributed by atoms with Gasteiger partial charge in [0, 0.05) is 12.5 Å². The molecule has 0 unspecified atom stereocenters. The number of hydrogen-bond donors (Lipinski definition) is 0. The third-order valence-electron chi connectivity index (χ3n) is 3.82. The number of rotatable bonds is 6. The van der Waals surface area contributed by atoms with Gasteiger partial charge in [-0.05, 0) is 36.2 Å². The SMILES string of the molecule is C=CCc1ccc(OS(=O)(=O)c2ccc3c(c2)OCCCO3)c(OC)c1. The molecule has 2 aromatic rings. The summed E-state index contributed by atoms with van der Waals surface area (Å²) in [5.41, 5.74) is 0.942. The highest BCUT2D eigenvalue weighted by Gasteiger charge is 2.22. The summed E-state index contributed by atoms with van der Waals surface area (Å²) in [6.07, 6.45) is 3.14. The van der Waals surface area contributed by atoms with Crippen LogP contribution >= 0.6 is 0 Å². The second-order valence-corrected chi connectivity index (χ2v) is 7.22. The van der Waals surface area contributed by atoms with Crippen molar-refractivity contribution in [3.8, 4) is 23.0 Å². The first kappa shape index (κ1) is 18.1. The summed E-state index contributed by atoms with van der Waals surface area (Å²) >= 11 is 0. The standard InChI is InChI=1S/C19H20O6S/c1-3-5-14-6-8-17(18(12-14)22-2)25-26(20,21)15-7-9-16-19(13-15)24-11-4-10-23-16/h3,6-9,12-13H,1,4-5,10-11H2,2H3. The maximum absolute atomic E-state index is 12.7. The van der Waals surface area contributed by atoms with Crippen LogP contribution in [0.5, 0.6) is 23.0 Å². The molecule has 138 valence electrons. The molecule has 1 aliphatic heterocycles. The van der Waals surface area contributed by atoms with Gasteiger partial charge in [0.05, 0.1) is 20.3 Å². The van der Waals surface area contributed by atoms with Gasteiger partial charge in [-0.1, -0.05) is 12.1 Å². The lowest BCUT2D eigenvalue weighted by atomic mass is 10.1. The van der Waals surface area contributed by atoms with E-state index in [1.165, 1.54) is 19.2 Å². The summed E-state index contributed by atoms with van der Waals surface area (Å²) in [4.78, 5) is -0.0148. The molecule has 0 N–H and O–H groups in total. The van der Waals surface area contributed by atoms with Crippen LogP contribution in [0.25, 0.3) is 0 Å². The van der Waals surface area contributed by atoms with Gasteiger partial charge in [-0.15, -0.1) is 6.58 Å². The molecule has 0 aromatic heterocycles. The zero-order chi connectivity index (χ0) is 18.6. The van der Waals surface area contributed by atoms with Crippen LogP contribution in [0.4, 0.5) is 0 Å². The Kier molecular flexibility index (Phi) is 5.37. The summed E-state index contributed by atoms with van der Waals surface area (Å²) in [6.45, 7) is 4.68. The fraction of sp³-hybridized carbons (Fsp3) is 0.263. The summed E-state index contributed by atoms with van der Waals surface area (Å²) < 4.78 is 46.9. The molecular weight excluding hydrogens is 356 g/mol. The van der Waals surface area contributed by atoms with Gasteiger partial charge in [0.2, 0.25) is 0 Å². The van der Waals surface area contributed by atoms with Crippen LogP contribution in [-0.2, 0) is 16.5 Å². The summed E-state index contributed by atoms with van der Waals surface area (Å²) in [5.74, 6) is 1.36. The average molecular weight is 376 g/mol. The van der Waals surface area contributed by atoms with Crippen molar-refractivity contribution in [2.75, 3.05) is 20.3 Å². The molecule has 1 heterocycles. The smallest absolute Gasteiger partial charge is 0.339 e. The molecule has 0 aliphatic carbocycles. The normalized spacial score (nSPS) is 13.6. The van der Waals surface area contributed by atoms with Gasteiger partial charge in [-0.25, -0.2) is 0 Å². The molecule has 0 atom stereocenters. The Morgan fingerprint density at radius 1 is 1.08 bits per heavy atom. The van der Waals surface area contributed by atoms with Gasteiger partial charge in [-0.3, -0.25) is 0 Å². The lowest BCUT2D eigenvalue weighted by molar-refractivity contribution is 0.296. The van der Waals surface area contributed by atoms with Crippen LogP contribution in [0.2, 0.25) is 0 Å². The monoisotopic (exact) mass is 376 g/mol. The average Bonchev–Trinajstić information content (AvgIpc) is 2.87. The molecule has 0 fully saturated rings. The molecule has 3 rings (SSSR count). The molecule has 0 radical (unpaired) electrons. The van der Waals surface area contributed by atoms with E-state index in [1.807, 2.05) is 0 Å². The highest BCUT2D eigenvalue weighted by atomic mass is 32.2. The Labute approximate surface area is 153 Å². The lowest BCUT2D eigenvalue weighted by Gasteiger charge is -2.13. The van der Waals surface area contributed by atoms with Crippen LogP contribution in [0.1, 0.15) is 12.0 Å². The molecule has 0 amide bonds. The molecule has 7 heteroatoms. The summed E-state index contributed by atoms with van der Waals surface area (Å²) in [6, 6.07) is 9.47. The van der Waals surface area contributed by atoms with Gasteiger partial charge in [-0.2, -0.15) is 8.42 Å². The minimum Gasteiger partial charge on any atom is -0.493 e. The van der Waals surface area contributed by atoms with E-state index in [4.69, 9.17) is 18.4 Å². The van der Waals surface area contributed by atoms with Gasteiger partial charge in [0.15, 0.2) is 23.0 Å². The van der Waals surface area contributed by atoms with Crippen molar-refractivity contribution >= 4 is 10.1 Å². The zero-order valence-corrected chi connectivity index (χ0v) is 15.3. The number of allylic oxidation sites excluding steroid dienone is 1. The highest BCUT2D eigenvalue weighted by molar-refractivity contribution is 7.87. The topological polar surface area (TPSA) is 71.1 Å². The van der Waals surface area contributed by atoms with Crippen molar-refractivity contribution < 1.29 is 26.8 Å². The van der Waals surface area contributed by atoms with Crippen LogP contribution in [0, 0.1) is 0 Å². The van der Waals surface area contributed by atoms with E-state index >= 15 is 0 Å². The number of methoxy groups -OCH3 is 1. The Hall–Kier alpha value is -2.67. The molecule has 26 heavy (non-hydrogen) atoms. The van der Waals surface area contributed by atoms with E-state index in [0.29, 0.717) is 36.9 Å². The predicted molar refractivity (Wildman–Crippen MR) is 96.8 cm³/mol. The zero-order valence-electron chi connectivity index (χ0n) is 14.4. The molecule has 2 aromatic carbocycles. The van der Waals surface area contributed by atoms with Gasteiger partial charge < -0.3 is 18.4 Å². The Bertz CT molecular complexity index is 904. The Morgan fingerprint density at radius 2 is 1.85 bits per heavy atom. The summed E-state index contributed by atoms with van der Waals surface area (Å²) in [5, 5.41) is 0. The number of benzene rings is 2.